The van der Waals surface area contributed by atoms with E-state index in [0.717, 1.165) is 39.0 Å². The SMILES string of the molecule is CC1(C)c2ccccc2-c2c(N(c3ccc(-c4ccccc4)cc3)c3cccc4c3oc3ccccc34)cccc21. The summed E-state index contributed by atoms with van der Waals surface area (Å²) in [6.45, 7) is 4.67. The number of rotatable bonds is 4. The highest BCUT2D eigenvalue weighted by molar-refractivity contribution is 6.11. The van der Waals surface area contributed by atoms with Gasteiger partial charge in [0, 0.05) is 27.4 Å². The molecule has 1 heterocycles. The summed E-state index contributed by atoms with van der Waals surface area (Å²) in [5, 5.41) is 2.26. The summed E-state index contributed by atoms with van der Waals surface area (Å²) in [5.74, 6) is 0. The Morgan fingerprint density at radius 2 is 1.15 bits per heavy atom. The van der Waals surface area contributed by atoms with Gasteiger partial charge in [0.05, 0.1) is 11.4 Å². The van der Waals surface area contributed by atoms with E-state index in [0.29, 0.717) is 0 Å². The van der Waals surface area contributed by atoms with Gasteiger partial charge >= 0.3 is 0 Å². The van der Waals surface area contributed by atoms with Crippen molar-refractivity contribution in [1.82, 2.24) is 0 Å². The van der Waals surface area contributed by atoms with Crippen LogP contribution in [0.3, 0.4) is 0 Å². The van der Waals surface area contributed by atoms with Crippen LogP contribution < -0.4 is 4.90 Å². The summed E-state index contributed by atoms with van der Waals surface area (Å²) in [6, 6.07) is 49.8. The minimum absolute atomic E-state index is 0.0872. The van der Waals surface area contributed by atoms with E-state index < -0.39 is 0 Å². The molecule has 0 N–H and O–H groups in total. The van der Waals surface area contributed by atoms with Gasteiger partial charge in [0.1, 0.15) is 5.58 Å². The fourth-order valence-electron chi connectivity index (χ4n) is 6.67. The Bertz CT molecular complexity index is 2070. The number of hydrogen-bond donors (Lipinski definition) is 0. The van der Waals surface area contributed by atoms with Crippen LogP contribution >= 0.6 is 0 Å². The molecule has 0 spiro atoms. The molecule has 1 aromatic heterocycles. The van der Waals surface area contributed by atoms with E-state index in [1.54, 1.807) is 0 Å². The van der Waals surface area contributed by atoms with Gasteiger partial charge in [-0.05, 0) is 58.1 Å². The minimum Gasteiger partial charge on any atom is -0.454 e. The smallest absolute Gasteiger partial charge is 0.159 e. The predicted octanol–water partition coefficient (Wildman–Crippen LogP) is 11.0. The van der Waals surface area contributed by atoms with Crippen molar-refractivity contribution in [3.8, 4) is 22.3 Å². The van der Waals surface area contributed by atoms with Crippen LogP contribution in [0.5, 0.6) is 0 Å². The topological polar surface area (TPSA) is 16.4 Å². The zero-order valence-electron chi connectivity index (χ0n) is 23.1. The molecule has 1 aliphatic carbocycles. The first kappa shape index (κ1) is 23.8. The molecule has 2 heteroatoms. The molecule has 0 amide bonds. The number of nitrogens with zero attached hydrogens (tertiary/aromatic N) is 1. The van der Waals surface area contributed by atoms with E-state index in [1.165, 1.54) is 33.4 Å². The van der Waals surface area contributed by atoms with Gasteiger partial charge < -0.3 is 9.32 Å². The van der Waals surface area contributed by atoms with E-state index in [4.69, 9.17) is 4.42 Å². The van der Waals surface area contributed by atoms with Crippen LogP contribution in [0.15, 0.2) is 144 Å². The Morgan fingerprint density at radius 3 is 2.00 bits per heavy atom. The van der Waals surface area contributed by atoms with Crippen LogP contribution in [0.2, 0.25) is 0 Å². The lowest BCUT2D eigenvalue weighted by atomic mass is 9.82. The molecule has 41 heavy (non-hydrogen) atoms. The Balaban J connectivity index is 1.41. The van der Waals surface area contributed by atoms with Gasteiger partial charge in [-0.2, -0.15) is 0 Å². The molecule has 0 radical (unpaired) electrons. The van der Waals surface area contributed by atoms with Crippen LogP contribution in [0.1, 0.15) is 25.0 Å². The average Bonchev–Trinajstić information content (AvgIpc) is 3.52. The number of anilines is 3. The van der Waals surface area contributed by atoms with Gasteiger partial charge in [0.2, 0.25) is 0 Å². The molecule has 0 saturated heterocycles. The summed E-state index contributed by atoms with van der Waals surface area (Å²) in [4.78, 5) is 2.39. The summed E-state index contributed by atoms with van der Waals surface area (Å²) in [7, 11) is 0. The molecule has 0 aliphatic heterocycles. The standard InChI is InChI=1S/C39H29NO/c1-39(2)32-17-8-6-15-31(32)37-33(39)18-11-19-34(37)40(28-24-22-27(23-25-28)26-12-4-3-5-13-26)35-20-10-16-30-29-14-7-9-21-36(29)41-38(30)35/h3-25H,1-2H3. The molecule has 6 aromatic carbocycles. The highest BCUT2D eigenvalue weighted by Gasteiger charge is 2.38. The molecule has 196 valence electrons. The largest absolute Gasteiger partial charge is 0.454 e. The van der Waals surface area contributed by atoms with Gasteiger partial charge in [-0.15, -0.1) is 0 Å². The predicted molar refractivity (Wildman–Crippen MR) is 171 cm³/mol. The van der Waals surface area contributed by atoms with Crippen molar-refractivity contribution < 1.29 is 4.42 Å². The van der Waals surface area contributed by atoms with Crippen LogP contribution in [0.4, 0.5) is 17.1 Å². The van der Waals surface area contributed by atoms with E-state index in [-0.39, 0.29) is 5.41 Å². The average molecular weight is 528 g/mol. The molecule has 0 bridgehead atoms. The fourth-order valence-corrected chi connectivity index (χ4v) is 6.67. The molecule has 0 saturated carbocycles. The third kappa shape index (κ3) is 3.57. The van der Waals surface area contributed by atoms with Crippen LogP contribution in [0.25, 0.3) is 44.2 Å². The van der Waals surface area contributed by atoms with Crippen molar-refractivity contribution >= 4 is 39.0 Å². The monoisotopic (exact) mass is 527 g/mol. The first-order chi connectivity index (χ1) is 20.1. The normalized spacial score (nSPS) is 13.3. The molecule has 0 unspecified atom stereocenters. The van der Waals surface area contributed by atoms with Crippen LogP contribution in [0, 0.1) is 0 Å². The third-order valence-electron chi connectivity index (χ3n) is 8.68. The lowest BCUT2D eigenvalue weighted by molar-refractivity contribution is 0.660. The highest BCUT2D eigenvalue weighted by atomic mass is 16.3. The first-order valence-electron chi connectivity index (χ1n) is 14.2. The number of fused-ring (bicyclic) bond motifs is 6. The number of furan rings is 1. The minimum atomic E-state index is -0.0872. The third-order valence-corrected chi connectivity index (χ3v) is 8.68. The summed E-state index contributed by atoms with van der Waals surface area (Å²) < 4.78 is 6.59. The molecule has 7 aromatic rings. The Morgan fingerprint density at radius 1 is 0.512 bits per heavy atom. The second kappa shape index (κ2) is 8.97. The molecule has 1 aliphatic rings. The highest BCUT2D eigenvalue weighted by Crippen LogP contribution is 2.54. The Kier molecular flexibility index (Phi) is 5.20. The number of para-hydroxylation sites is 2. The second-order valence-electron chi connectivity index (χ2n) is 11.4. The van der Waals surface area contributed by atoms with Gasteiger partial charge in [0.25, 0.3) is 0 Å². The lowest BCUT2D eigenvalue weighted by Gasteiger charge is -2.29. The molecule has 2 nitrogen and oxygen atoms in total. The van der Waals surface area contributed by atoms with E-state index in [1.807, 2.05) is 6.07 Å². The molecule has 0 fully saturated rings. The second-order valence-corrected chi connectivity index (χ2v) is 11.4. The van der Waals surface area contributed by atoms with Crippen molar-refractivity contribution in [3.05, 3.63) is 151 Å². The van der Waals surface area contributed by atoms with Gasteiger partial charge in [-0.25, -0.2) is 0 Å². The quantitative estimate of drug-likeness (QED) is 0.226. The van der Waals surface area contributed by atoms with Crippen molar-refractivity contribution in [1.29, 1.82) is 0 Å². The summed E-state index contributed by atoms with van der Waals surface area (Å²) in [6.07, 6.45) is 0. The van der Waals surface area contributed by atoms with E-state index >= 15 is 0 Å². The first-order valence-corrected chi connectivity index (χ1v) is 14.2. The summed E-state index contributed by atoms with van der Waals surface area (Å²) in [5.41, 5.74) is 12.7. The van der Waals surface area contributed by atoms with Crippen LogP contribution in [-0.2, 0) is 5.41 Å². The van der Waals surface area contributed by atoms with Crippen molar-refractivity contribution in [3.63, 3.8) is 0 Å². The molecular formula is C39H29NO. The van der Waals surface area contributed by atoms with Gasteiger partial charge in [0.15, 0.2) is 5.58 Å². The van der Waals surface area contributed by atoms with Crippen molar-refractivity contribution in [2.75, 3.05) is 4.90 Å². The number of hydrogen-bond acceptors (Lipinski definition) is 2. The van der Waals surface area contributed by atoms with Crippen molar-refractivity contribution in [2.45, 2.75) is 19.3 Å². The maximum absolute atomic E-state index is 6.59. The fraction of sp³-hybridized carbons (Fsp3) is 0.0769. The summed E-state index contributed by atoms with van der Waals surface area (Å²) >= 11 is 0. The van der Waals surface area contributed by atoms with E-state index in [2.05, 4.69) is 152 Å². The zero-order chi connectivity index (χ0) is 27.6. The van der Waals surface area contributed by atoms with Crippen LogP contribution in [-0.4, -0.2) is 0 Å². The van der Waals surface area contributed by atoms with E-state index in [9.17, 15) is 0 Å². The Labute approximate surface area is 240 Å². The van der Waals surface area contributed by atoms with Gasteiger partial charge in [-0.1, -0.05) is 123 Å². The van der Waals surface area contributed by atoms with Crippen molar-refractivity contribution in [2.24, 2.45) is 0 Å². The lowest BCUT2D eigenvalue weighted by Crippen LogP contribution is -2.16. The maximum Gasteiger partial charge on any atom is 0.159 e. The molecular weight excluding hydrogens is 498 g/mol. The van der Waals surface area contributed by atoms with Gasteiger partial charge in [-0.3, -0.25) is 0 Å². The molecule has 0 atom stereocenters. The Hall–Kier alpha value is -5.08. The number of benzene rings is 6. The zero-order valence-corrected chi connectivity index (χ0v) is 23.1. The maximum atomic E-state index is 6.59. The molecule has 8 rings (SSSR count).